The number of rotatable bonds is 8. The van der Waals surface area contributed by atoms with E-state index in [0.29, 0.717) is 0 Å². The molecule has 1 spiro atoms. The fourth-order valence-corrected chi connectivity index (χ4v) is 10.1. The van der Waals surface area contributed by atoms with Crippen LogP contribution in [-0.4, -0.2) is 12.2 Å². The molecule has 188 valence electrons. The molecule has 0 heterocycles. The van der Waals surface area contributed by atoms with E-state index in [2.05, 4.69) is 121 Å². The predicted octanol–water partition coefficient (Wildman–Crippen LogP) is 7.21. The Kier molecular flexibility index (Phi) is 7.82. The Balaban J connectivity index is 1.31. The van der Waals surface area contributed by atoms with E-state index >= 15 is 0 Å². The van der Waals surface area contributed by atoms with Crippen LogP contribution in [0.1, 0.15) is 38.5 Å². The SMILES string of the molecule is c1ccc(P(OC2CCC[C@]23CCC[C@@H]3OP(c2ccccc2)c2ccccc2)c2ccccc2)cc1. The summed E-state index contributed by atoms with van der Waals surface area (Å²) < 4.78 is 14.5. The van der Waals surface area contributed by atoms with Crippen LogP contribution in [0.5, 0.6) is 0 Å². The van der Waals surface area contributed by atoms with Crippen molar-refractivity contribution in [2.45, 2.75) is 50.7 Å². The number of hydrogen-bond donors (Lipinski definition) is 0. The summed E-state index contributed by atoms with van der Waals surface area (Å²) in [6.45, 7) is 0. The van der Waals surface area contributed by atoms with Crippen LogP contribution in [-0.2, 0) is 9.05 Å². The van der Waals surface area contributed by atoms with Gasteiger partial charge in [0.15, 0.2) is 0 Å². The summed E-state index contributed by atoms with van der Waals surface area (Å²) in [5, 5.41) is 5.16. The van der Waals surface area contributed by atoms with Crippen LogP contribution in [0.25, 0.3) is 0 Å². The molecule has 0 aliphatic heterocycles. The molecule has 2 nitrogen and oxygen atoms in total. The standard InChI is InChI=1S/C33H34O2P2/c1-5-15-27(16-6-1)36(28-17-7-2-8-18-28)34-31-23-13-25-33(31)26-14-24-32(33)35-37(29-19-9-3-10-20-29)30-21-11-4-12-22-30/h1-12,15-22,31-32H,13-14,23-26H2/t31-,32?,33-/m0/s1. The molecule has 4 heteroatoms. The van der Waals surface area contributed by atoms with Crippen LogP contribution in [0.4, 0.5) is 0 Å². The summed E-state index contributed by atoms with van der Waals surface area (Å²) in [5.74, 6) is 0. The van der Waals surface area contributed by atoms with Crippen molar-refractivity contribution in [1.82, 2.24) is 0 Å². The molecule has 37 heavy (non-hydrogen) atoms. The van der Waals surface area contributed by atoms with Gasteiger partial charge in [-0.05, 0) is 25.7 Å². The Labute approximate surface area is 223 Å². The van der Waals surface area contributed by atoms with E-state index in [1.54, 1.807) is 0 Å². The Bertz CT molecular complexity index is 1070. The highest BCUT2D eigenvalue weighted by Gasteiger charge is 2.54. The van der Waals surface area contributed by atoms with Crippen LogP contribution in [0.3, 0.4) is 0 Å². The first-order valence-electron chi connectivity index (χ1n) is 13.5. The summed E-state index contributed by atoms with van der Waals surface area (Å²) in [7, 11) is -1.76. The lowest BCUT2D eigenvalue weighted by molar-refractivity contribution is 0.00841. The largest absolute Gasteiger partial charge is 0.346 e. The van der Waals surface area contributed by atoms with E-state index in [1.807, 2.05) is 0 Å². The molecule has 0 amide bonds. The third kappa shape index (κ3) is 5.32. The smallest absolute Gasteiger partial charge is 0.0921 e. The molecule has 2 saturated carbocycles. The maximum absolute atomic E-state index is 7.24. The van der Waals surface area contributed by atoms with Gasteiger partial charge in [-0.25, -0.2) is 0 Å². The summed E-state index contributed by atoms with van der Waals surface area (Å²) in [5.41, 5.74) is 0.0916. The predicted molar refractivity (Wildman–Crippen MR) is 158 cm³/mol. The van der Waals surface area contributed by atoms with E-state index in [1.165, 1.54) is 46.9 Å². The van der Waals surface area contributed by atoms with Crippen LogP contribution >= 0.6 is 16.3 Å². The van der Waals surface area contributed by atoms with Gasteiger partial charge >= 0.3 is 0 Å². The van der Waals surface area contributed by atoms with Gasteiger partial charge < -0.3 is 9.05 Å². The fraction of sp³-hybridized carbons (Fsp3) is 0.273. The molecule has 3 atom stereocenters. The van der Waals surface area contributed by atoms with Gasteiger partial charge in [-0.3, -0.25) is 0 Å². The Hall–Kier alpha value is -2.34. The lowest BCUT2D eigenvalue weighted by Gasteiger charge is -2.40. The van der Waals surface area contributed by atoms with Gasteiger partial charge in [0, 0.05) is 26.6 Å². The van der Waals surface area contributed by atoms with Crippen molar-refractivity contribution < 1.29 is 9.05 Å². The summed E-state index contributed by atoms with van der Waals surface area (Å²) >= 11 is 0. The van der Waals surface area contributed by atoms with E-state index < -0.39 is 16.3 Å². The van der Waals surface area contributed by atoms with Crippen molar-refractivity contribution in [3.8, 4) is 0 Å². The molecule has 1 unspecified atom stereocenters. The highest BCUT2D eigenvalue weighted by molar-refractivity contribution is 7.68. The highest BCUT2D eigenvalue weighted by atomic mass is 31.1. The molecule has 0 N–H and O–H groups in total. The monoisotopic (exact) mass is 524 g/mol. The summed E-state index contributed by atoms with van der Waals surface area (Å²) in [4.78, 5) is 0. The van der Waals surface area contributed by atoms with E-state index in [-0.39, 0.29) is 17.6 Å². The molecule has 0 radical (unpaired) electrons. The second kappa shape index (κ2) is 11.6. The van der Waals surface area contributed by atoms with Gasteiger partial charge in [-0.1, -0.05) is 134 Å². The van der Waals surface area contributed by atoms with Crippen LogP contribution in [0.2, 0.25) is 0 Å². The average Bonchev–Trinajstić information content (AvgIpc) is 3.58. The molecule has 2 aliphatic rings. The normalized spacial score (nSPS) is 23.3. The first kappa shape index (κ1) is 25.0. The first-order chi connectivity index (χ1) is 18.3. The average molecular weight is 525 g/mol. The van der Waals surface area contributed by atoms with Gasteiger partial charge in [-0.15, -0.1) is 0 Å². The first-order valence-corrected chi connectivity index (χ1v) is 16.0. The summed E-state index contributed by atoms with van der Waals surface area (Å²) in [6, 6.07) is 43.3. The molecular formula is C33H34O2P2. The van der Waals surface area contributed by atoms with Gasteiger partial charge in [0.25, 0.3) is 0 Å². The fourth-order valence-electron chi connectivity index (χ4n) is 6.15. The molecule has 0 aromatic heterocycles. The topological polar surface area (TPSA) is 18.5 Å². The van der Waals surface area contributed by atoms with E-state index in [9.17, 15) is 0 Å². The van der Waals surface area contributed by atoms with E-state index in [0.717, 1.165) is 12.8 Å². The molecule has 0 bridgehead atoms. The van der Waals surface area contributed by atoms with Crippen molar-refractivity contribution >= 4 is 37.5 Å². The third-order valence-electron chi connectivity index (χ3n) is 7.93. The van der Waals surface area contributed by atoms with Crippen LogP contribution < -0.4 is 21.2 Å². The second-order valence-corrected chi connectivity index (χ2v) is 13.8. The van der Waals surface area contributed by atoms with Crippen molar-refractivity contribution in [1.29, 1.82) is 0 Å². The highest BCUT2D eigenvalue weighted by Crippen LogP contribution is 2.58. The molecule has 0 saturated heterocycles. The van der Waals surface area contributed by atoms with Crippen LogP contribution in [0, 0.1) is 5.41 Å². The molecule has 6 rings (SSSR count). The number of hydrogen-bond acceptors (Lipinski definition) is 2. The minimum atomic E-state index is -0.881. The van der Waals surface area contributed by atoms with Gasteiger partial charge in [0.1, 0.15) is 0 Å². The second-order valence-electron chi connectivity index (χ2n) is 10.1. The third-order valence-corrected chi connectivity index (χ3v) is 11.9. The minimum absolute atomic E-state index is 0.0916. The van der Waals surface area contributed by atoms with Crippen molar-refractivity contribution in [2.24, 2.45) is 5.41 Å². The Morgan fingerprint density at radius 1 is 0.459 bits per heavy atom. The van der Waals surface area contributed by atoms with Gasteiger partial charge in [-0.2, -0.15) is 0 Å². The van der Waals surface area contributed by atoms with Crippen molar-refractivity contribution in [3.63, 3.8) is 0 Å². The van der Waals surface area contributed by atoms with Gasteiger partial charge in [0.2, 0.25) is 0 Å². The lowest BCUT2D eigenvalue weighted by Crippen LogP contribution is -2.41. The molecule has 4 aromatic carbocycles. The molecule has 2 fully saturated rings. The van der Waals surface area contributed by atoms with Gasteiger partial charge in [0.05, 0.1) is 28.5 Å². The molecular weight excluding hydrogens is 490 g/mol. The molecule has 2 aliphatic carbocycles. The quantitative estimate of drug-likeness (QED) is 0.227. The van der Waals surface area contributed by atoms with Crippen molar-refractivity contribution in [2.75, 3.05) is 0 Å². The van der Waals surface area contributed by atoms with E-state index in [4.69, 9.17) is 9.05 Å². The maximum Gasteiger partial charge on any atom is 0.0921 e. The Morgan fingerprint density at radius 2 is 0.757 bits per heavy atom. The maximum atomic E-state index is 7.24. The summed E-state index contributed by atoms with van der Waals surface area (Å²) in [6.07, 6.45) is 7.49. The zero-order valence-corrected chi connectivity index (χ0v) is 22.9. The lowest BCUT2D eigenvalue weighted by atomic mass is 9.80. The van der Waals surface area contributed by atoms with Crippen LogP contribution in [0.15, 0.2) is 121 Å². The molecule has 4 aromatic rings. The zero-order chi connectivity index (χ0) is 24.9. The number of benzene rings is 4. The zero-order valence-electron chi connectivity index (χ0n) is 21.2. The van der Waals surface area contributed by atoms with Crippen molar-refractivity contribution in [3.05, 3.63) is 121 Å². The Morgan fingerprint density at radius 3 is 1.05 bits per heavy atom. The minimum Gasteiger partial charge on any atom is -0.346 e.